The molecule has 2 fully saturated rings. The predicted molar refractivity (Wildman–Crippen MR) is 86.4 cm³/mol. The van der Waals surface area contributed by atoms with E-state index in [9.17, 15) is 0 Å². The Labute approximate surface area is 128 Å². The molecule has 1 N–H and O–H groups in total. The van der Waals surface area contributed by atoms with Gasteiger partial charge in [-0.2, -0.15) is 0 Å². The Morgan fingerprint density at radius 1 is 1.29 bits per heavy atom. The fourth-order valence-corrected chi connectivity index (χ4v) is 3.56. The van der Waals surface area contributed by atoms with Crippen LogP contribution in [0.3, 0.4) is 0 Å². The van der Waals surface area contributed by atoms with E-state index < -0.39 is 0 Å². The van der Waals surface area contributed by atoms with E-state index in [-0.39, 0.29) is 5.60 Å². The zero-order chi connectivity index (χ0) is 14.7. The van der Waals surface area contributed by atoms with Crippen LogP contribution in [0.5, 0.6) is 0 Å². The Kier molecular flexibility index (Phi) is 4.63. The first kappa shape index (κ1) is 15.0. The first-order valence-electron chi connectivity index (χ1n) is 8.31. The van der Waals surface area contributed by atoms with Crippen LogP contribution in [-0.4, -0.2) is 42.8 Å². The van der Waals surface area contributed by atoms with Gasteiger partial charge in [-0.15, -0.1) is 0 Å². The minimum atomic E-state index is 0.0770. The lowest BCUT2D eigenvalue weighted by molar-refractivity contribution is -0.0287. The van der Waals surface area contributed by atoms with Gasteiger partial charge in [0.1, 0.15) is 0 Å². The second-order valence-corrected chi connectivity index (χ2v) is 7.07. The summed E-state index contributed by atoms with van der Waals surface area (Å²) in [6, 6.07) is 11.3. The van der Waals surface area contributed by atoms with Crippen LogP contribution in [-0.2, 0) is 4.74 Å². The average Bonchev–Trinajstić information content (AvgIpc) is 2.68. The maximum absolute atomic E-state index is 6.17. The monoisotopic (exact) mass is 288 g/mol. The second-order valence-electron chi connectivity index (χ2n) is 7.07. The summed E-state index contributed by atoms with van der Waals surface area (Å²) in [4.78, 5) is 2.59. The molecule has 0 spiro atoms. The van der Waals surface area contributed by atoms with Gasteiger partial charge in [-0.3, -0.25) is 4.90 Å². The van der Waals surface area contributed by atoms with Crippen molar-refractivity contribution in [2.45, 2.75) is 50.9 Å². The normalized spacial score (nSPS) is 30.2. The summed E-state index contributed by atoms with van der Waals surface area (Å²) in [6.45, 7) is 8.87. The number of hydrogen-bond donors (Lipinski definition) is 1. The van der Waals surface area contributed by atoms with Crippen molar-refractivity contribution in [1.82, 2.24) is 10.2 Å². The zero-order valence-corrected chi connectivity index (χ0v) is 13.3. The number of ether oxygens (including phenoxy) is 1. The van der Waals surface area contributed by atoms with Crippen LogP contribution in [0.25, 0.3) is 0 Å². The van der Waals surface area contributed by atoms with Crippen LogP contribution >= 0.6 is 0 Å². The number of rotatable bonds is 3. The molecule has 3 heteroatoms. The third-order valence-electron chi connectivity index (χ3n) is 4.70. The number of nitrogens with zero attached hydrogens (tertiary/aromatic N) is 1. The molecule has 0 radical (unpaired) electrons. The molecular weight excluding hydrogens is 260 g/mol. The van der Waals surface area contributed by atoms with Crippen molar-refractivity contribution in [2.75, 3.05) is 26.2 Å². The molecule has 3 rings (SSSR count). The van der Waals surface area contributed by atoms with Crippen molar-refractivity contribution in [2.24, 2.45) is 0 Å². The molecule has 0 bridgehead atoms. The average molecular weight is 288 g/mol. The molecule has 2 heterocycles. The Hall–Kier alpha value is -0.900. The SMILES string of the molecule is CC1(C)CCC(CN2CCCNC(c3ccccc3)C2)O1. The van der Waals surface area contributed by atoms with E-state index in [1.165, 1.54) is 31.4 Å². The van der Waals surface area contributed by atoms with Gasteiger partial charge in [-0.05, 0) is 51.8 Å². The van der Waals surface area contributed by atoms with E-state index in [0.717, 1.165) is 19.6 Å². The van der Waals surface area contributed by atoms with Gasteiger partial charge in [0.15, 0.2) is 0 Å². The lowest BCUT2D eigenvalue weighted by Gasteiger charge is -2.28. The molecule has 1 aromatic rings. The van der Waals surface area contributed by atoms with Gasteiger partial charge in [0.05, 0.1) is 11.7 Å². The highest BCUT2D eigenvalue weighted by molar-refractivity contribution is 5.19. The molecule has 0 amide bonds. The van der Waals surface area contributed by atoms with Gasteiger partial charge >= 0.3 is 0 Å². The van der Waals surface area contributed by atoms with E-state index in [1.54, 1.807) is 0 Å². The molecule has 1 aromatic carbocycles. The minimum absolute atomic E-state index is 0.0770. The van der Waals surface area contributed by atoms with E-state index in [1.807, 2.05) is 0 Å². The number of hydrogen-bond acceptors (Lipinski definition) is 3. The maximum Gasteiger partial charge on any atom is 0.0710 e. The quantitative estimate of drug-likeness (QED) is 0.925. The summed E-state index contributed by atoms with van der Waals surface area (Å²) in [7, 11) is 0. The van der Waals surface area contributed by atoms with Gasteiger partial charge in [0.2, 0.25) is 0 Å². The third kappa shape index (κ3) is 4.06. The third-order valence-corrected chi connectivity index (χ3v) is 4.70. The summed E-state index contributed by atoms with van der Waals surface area (Å²) in [5.41, 5.74) is 1.48. The Balaban J connectivity index is 1.60. The van der Waals surface area contributed by atoms with Crippen LogP contribution < -0.4 is 5.32 Å². The molecule has 2 atom stereocenters. The Morgan fingerprint density at radius 3 is 2.81 bits per heavy atom. The van der Waals surface area contributed by atoms with Crippen LogP contribution in [0.4, 0.5) is 0 Å². The Morgan fingerprint density at radius 2 is 2.10 bits per heavy atom. The molecule has 2 aliphatic heterocycles. The summed E-state index contributed by atoms with van der Waals surface area (Å²) < 4.78 is 6.17. The van der Waals surface area contributed by atoms with Crippen LogP contribution in [0.1, 0.15) is 44.7 Å². The summed E-state index contributed by atoms with van der Waals surface area (Å²) >= 11 is 0. The van der Waals surface area contributed by atoms with Crippen molar-refractivity contribution in [3.8, 4) is 0 Å². The van der Waals surface area contributed by atoms with E-state index in [2.05, 4.69) is 54.4 Å². The van der Waals surface area contributed by atoms with Crippen LogP contribution in [0, 0.1) is 0 Å². The van der Waals surface area contributed by atoms with Crippen LogP contribution in [0.2, 0.25) is 0 Å². The maximum atomic E-state index is 6.17. The predicted octanol–water partition coefficient (Wildman–Crippen LogP) is 2.98. The van der Waals surface area contributed by atoms with Crippen molar-refractivity contribution in [3.05, 3.63) is 35.9 Å². The standard InChI is InChI=1S/C18H28N2O/c1-18(2)10-9-16(21-18)13-20-12-6-11-19-17(14-20)15-7-4-3-5-8-15/h3-5,7-8,16-17,19H,6,9-14H2,1-2H3. The summed E-state index contributed by atoms with van der Waals surface area (Å²) in [6.07, 6.45) is 4.02. The van der Waals surface area contributed by atoms with Gasteiger partial charge in [-0.1, -0.05) is 30.3 Å². The fourth-order valence-electron chi connectivity index (χ4n) is 3.56. The highest BCUT2D eigenvalue weighted by atomic mass is 16.5. The molecular formula is C18H28N2O. The molecule has 21 heavy (non-hydrogen) atoms. The molecule has 0 aromatic heterocycles. The minimum Gasteiger partial charge on any atom is -0.371 e. The van der Waals surface area contributed by atoms with Crippen molar-refractivity contribution in [1.29, 1.82) is 0 Å². The van der Waals surface area contributed by atoms with Crippen molar-refractivity contribution >= 4 is 0 Å². The first-order chi connectivity index (χ1) is 10.1. The molecule has 3 nitrogen and oxygen atoms in total. The lowest BCUT2D eigenvalue weighted by Crippen LogP contribution is -2.37. The second kappa shape index (κ2) is 6.47. The van der Waals surface area contributed by atoms with E-state index in [0.29, 0.717) is 12.1 Å². The molecule has 0 aliphatic carbocycles. The number of benzene rings is 1. The van der Waals surface area contributed by atoms with Gasteiger partial charge in [0.25, 0.3) is 0 Å². The van der Waals surface area contributed by atoms with Gasteiger partial charge in [0, 0.05) is 19.1 Å². The number of nitrogens with one attached hydrogen (secondary N) is 1. The highest BCUT2D eigenvalue weighted by Gasteiger charge is 2.33. The zero-order valence-electron chi connectivity index (χ0n) is 13.3. The fraction of sp³-hybridized carbons (Fsp3) is 0.667. The topological polar surface area (TPSA) is 24.5 Å². The van der Waals surface area contributed by atoms with Crippen LogP contribution in [0.15, 0.2) is 30.3 Å². The van der Waals surface area contributed by atoms with E-state index >= 15 is 0 Å². The van der Waals surface area contributed by atoms with Gasteiger partial charge < -0.3 is 10.1 Å². The molecule has 2 saturated heterocycles. The molecule has 2 aliphatic rings. The smallest absolute Gasteiger partial charge is 0.0710 e. The van der Waals surface area contributed by atoms with E-state index in [4.69, 9.17) is 4.74 Å². The first-order valence-corrected chi connectivity index (χ1v) is 8.31. The summed E-state index contributed by atoms with van der Waals surface area (Å²) in [5.74, 6) is 0. The summed E-state index contributed by atoms with van der Waals surface area (Å²) in [5, 5.41) is 3.69. The molecule has 2 unspecified atom stereocenters. The van der Waals surface area contributed by atoms with Gasteiger partial charge in [-0.25, -0.2) is 0 Å². The largest absolute Gasteiger partial charge is 0.371 e. The Bertz CT molecular complexity index is 446. The molecule has 0 saturated carbocycles. The lowest BCUT2D eigenvalue weighted by atomic mass is 10.0. The van der Waals surface area contributed by atoms with Crippen molar-refractivity contribution < 1.29 is 4.74 Å². The molecule has 116 valence electrons. The van der Waals surface area contributed by atoms with Crippen molar-refractivity contribution in [3.63, 3.8) is 0 Å². The highest BCUT2D eigenvalue weighted by Crippen LogP contribution is 2.30.